The molecule has 0 aliphatic carbocycles. The molecule has 0 saturated heterocycles. The molecule has 0 aliphatic heterocycles. The van der Waals surface area contributed by atoms with E-state index in [9.17, 15) is 20.1 Å². The summed E-state index contributed by atoms with van der Waals surface area (Å²) in [6, 6.07) is 7.80. The van der Waals surface area contributed by atoms with Crippen molar-refractivity contribution >= 4 is 5.97 Å². The number of carbonyl (C=O) groups is 1. The fourth-order valence-electron chi connectivity index (χ4n) is 4.06. The highest BCUT2D eigenvalue weighted by Crippen LogP contribution is 2.44. The van der Waals surface area contributed by atoms with Crippen LogP contribution in [0.3, 0.4) is 0 Å². The summed E-state index contributed by atoms with van der Waals surface area (Å²) >= 11 is 0. The molecule has 2 aromatic rings. The average Bonchev–Trinajstić information content (AvgIpc) is 2.62. The molecule has 4 heteroatoms. The number of phenolic OH excluding ortho intramolecular Hbond substituents is 2. The molecule has 0 amide bonds. The van der Waals surface area contributed by atoms with Gasteiger partial charge in [0.1, 0.15) is 11.5 Å². The van der Waals surface area contributed by atoms with E-state index in [2.05, 4.69) is 20.8 Å². The number of aryl methyl sites for hydroxylation is 1. The maximum atomic E-state index is 11.4. The van der Waals surface area contributed by atoms with Gasteiger partial charge in [0, 0.05) is 17.0 Å². The van der Waals surface area contributed by atoms with Crippen molar-refractivity contribution in [3.8, 4) is 11.5 Å². The molecular formula is C27H38O4. The van der Waals surface area contributed by atoms with Crippen molar-refractivity contribution in [2.75, 3.05) is 0 Å². The summed E-state index contributed by atoms with van der Waals surface area (Å²) in [5.74, 6) is -1.16. The molecule has 2 unspecified atom stereocenters. The van der Waals surface area contributed by atoms with Crippen molar-refractivity contribution in [1.82, 2.24) is 0 Å². The minimum Gasteiger partial charge on any atom is -0.507 e. The van der Waals surface area contributed by atoms with E-state index < -0.39 is 11.9 Å². The third-order valence-electron chi connectivity index (χ3n) is 6.00. The van der Waals surface area contributed by atoms with Gasteiger partial charge in [-0.1, -0.05) is 85.2 Å². The molecule has 0 aliphatic rings. The largest absolute Gasteiger partial charge is 0.507 e. The number of aliphatic carboxylic acids is 1. The van der Waals surface area contributed by atoms with Gasteiger partial charge >= 0.3 is 5.97 Å². The van der Waals surface area contributed by atoms with Crippen LogP contribution >= 0.6 is 0 Å². The van der Waals surface area contributed by atoms with Gasteiger partial charge in [-0.3, -0.25) is 4.79 Å². The molecule has 0 fully saturated rings. The number of hydrogen-bond acceptors (Lipinski definition) is 3. The Balaban J connectivity index is 2.72. The van der Waals surface area contributed by atoms with Crippen LogP contribution in [-0.2, 0) is 22.0 Å². The zero-order valence-electron chi connectivity index (χ0n) is 20.4. The van der Waals surface area contributed by atoms with Gasteiger partial charge in [0.05, 0.1) is 5.92 Å². The summed E-state index contributed by atoms with van der Waals surface area (Å²) < 4.78 is 0. The lowest BCUT2D eigenvalue weighted by atomic mass is 9.78. The average molecular weight is 427 g/mol. The van der Waals surface area contributed by atoms with E-state index in [1.807, 2.05) is 58.9 Å². The molecule has 0 radical (unpaired) electrons. The number of benzene rings is 2. The molecule has 0 heterocycles. The fraction of sp³-hybridized carbons (Fsp3) is 0.519. The lowest BCUT2D eigenvalue weighted by Crippen LogP contribution is -2.17. The molecular weight excluding hydrogens is 388 g/mol. The van der Waals surface area contributed by atoms with Crippen molar-refractivity contribution in [3.05, 3.63) is 57.6 Å². The maximum Gasteiger partial charge on any atom is 0.306 e. The Bertz CT molecular complexity index is 974. The summed E-state index contributed by atoms with van der Waals surface area (Å²) in [5.41, 5.74) is 4.53. The van der Waals surface area contributed by atoms with Crippen LogP contribution in [0.15, 0.2) is 24.3 Å². The van der Waals surface area contributed by atoms with Crippen LogP contribution in [0.25, 0.3) is 0 Å². The van der Waals surface area contributed by atoms with Crippen LogP contribution in [0.4, 0.5) is 0 Å². The monoisotopic (exact) mass is 426 g/mol. The van der Waals surface area contributed by atoms with Crippen LogP contribution in [0.1, 0.15) is 94.7 Å². The van der Waals surface area contributed by atoms with E-state index in [0.29, 0.717) is 12.0 Å². The smallest absolute Gasteiger partial charge is 0.306 e. The van der Waals surface area contributed by atoms with E-state index in [1.165, 1.54) is 0 Å². The number of aromatic hydroxyl groups is 2. The molecule has 0 aromatic heterocycles. The van der Waals surface area contributed by atoms with Gasteiger partial charge in [-0.15, -0.1) is 0 Å². The molecule has 0 spiro atoms. The number of hydrogen-bond donors (Lipinski definition) is 3. The molecule has 0 bridgehead atoms. The molecule has 2 rings (SSSR count). The molecule has 170 valence electrons. The first-order chi connectivity index (χ1) is 14.0. The van der Waals surface area contributed by atoms with Gasteiger partial charge < -0.3 is 15.3 Å². The Morgan fingerprint density at radius 3 is 1.74 bits per heavy atom. The summed E-state index contributed by atoms with van der Waals surface area (Å²) in [5, 5.41) is 31.7. The van der Waals surface area contributed by atoms with Crippen LogP contribution in [0.5, 0.6) is 11.5 Å². The van der Waals surface area contributed by atoms with E-state index in [1.54, 1.807) is 6.92 Å². The molecule has 0 saturated carbocycles. The predicted molar refractivity (Wildman–Crippen MR) is 126 cm³/mol. The third-order valence-corrected chi connectivity index (χ3v) is 6.00. The minimum atomic E-state index is -0.842. The highest BCUT2D eigenvalue weighted by Gasteiger charge is 2.28. The lowest BCUT2D eigenvalue weighted by molar-refractivity contribution is -0.141. The van der Waals surface area contributed by atoms with Gasteiger partial charge in [0.15, 0.2) is 0 Å². The zero-order chi connectivity index (χ0) is 23.9. The van der Waals surface area contributed by atoms with E-state index >= 15 is 0 Å². The van der Waals surface area contributed by atoms with E-state index in [-0.39, 0.29) is 28.2 Å². The Labute approximate surface area is 187 Å². The van der Waals surface area contributed by atoms with Gasteiger partial charge in [0.2, 0.25) is 0 Å². The summed E-state index contributed by atoms with van der Waals surface area (Å²) in [6.07, 6.45) is 0.380. The van der Waals surface area contributed by atoms with Gasteiger partial charge in [-0.05, 0) is 40.9 Å². The number of carboxylic acid groups (broad SMARTS) is 1. The number of carboxylic acids is 1. The van der Waals surface area contributed by atoms with Gasteiger partial charge in [-0.2, -0.15) is 0 Å². The minimum absolute atomic E-state index is 0.213. The summed E-state index contributed by atoms with van der Waals surface area (Å²) in [7, 11) is 0. The lowest BCUT2D eigenvalue weighted by Gasteiger charge is -2.28. The van der Waals surface area contributed by atoms with Crippen LogP contribution in [-0.4, -0.2) is 21.3 Å². The van der Waals surface area contributed by atoms with Gasteiger partial charge in [0.25, 0.3) is 0 Å². The van der Waals surface area contributed by atoms with Crippen molar-refractivity contribution in [2.24, 2.45) is 5.92 Å². The number of phenols is 2. The first kappa shape index (κ1) is 24.8. The Kier molecular flexibility index (Phi) is 6.85. The van der Waals surface area contributed by atoms with E-state index in [4.69, 9.17) is 0 Å². The van der Waals surface area contributed by atoms with E-state index in [0.717, 1.165) is 27.8 Å². The normalized spacial score (nSPS) is 14.4. The topological polar surface area (TPSA) is 77.8 Å². The highest BCUT2D eigenvalue weighted by atomic mass is 16.4. The predicted octanol–water partition coefficient (Wildman–Crippen LogP) is 6.42. The first-order valence-electron chi connectivity index (χ1n) is 11.0. The Morgan fingerprint density at radius 2 is 1.29 bits per heavy atom. The van der Waals surface area contributed by atoms with Crippen molar-refractivity contribution in [1.29, 1.82) is 0 Å². The van der Waals surface area contributed by atoms with Crippen molar-refractivity contribution in [3.63, 3.8) is 0 Å². The van der Waals surface area contributed by atoms with Crippen molar-refractivity contribution < 1.29 is 20.1 Å². The second kappa shape index (κ2) is 8.57. The molecule has 31 heavy (non-hydrogen) atoms. The third kappa shape index (κ3) is 5.41. The van der Waals surface area contributed by atoms with Crippen LogP contribution in [0, 0.1) is 12.8 Å². The Morgan fingerprint density at radius 1 is 0.839 bits per heavy atom. The quantitative estimate of drug-likeness (QED) is 0.516. The molecule has 4 nitrogen and oxygen atoms in total. The molecule has 2 atom stereocenters. The van der Waals surface area contributed by atoms with Crippen LogP contribution in [0.2, 0.25) is 0 Å². The second-order valence-corrected chi connectivity index (χ2v) is 11.0. The standard InChI is InChI=1S/C27H38O4/c1-15-10-19(23(28)21(11-15)26(4,5)6)17(3)20-13-18(12-16(2)25(30)31)14-22(24(20)29)27(7,8)9/h10-11,13-14,16-17,28-29H,12H2,1-9H3,(H,30,31). The summed E-state index contributed by atoms with van der Waals surface area (Å²) in [6.45, 7) is 18.0. The summed E-state index contributed by atoms with van der Waals surface area (Å²) in [4.78, 5) is 11.4. The number of rotatable bonds is 5. The molecule has 3 N–H and O–H groups in total. The maximum absolute atomic E-state index is 11.4. The Hall–Kier alpha value is -2.49. The fourth-order valence-corrected chi connectivity index (χ4v) is 4.06. The molecule has 2 aromatic carbocycles. The van der Waals surface area contributed by atoms with Gasteiger partial charge in [-0.25, -0.2) is 0 Å². The zero-order valence-corrected chi connectivity index (χ0v) is 20.4. The first-order valence-corrected chi connectivity index (χ1v) is 11.0. The van der Waals surface area contributed by atoms with Crippen LogP contribution < -0.4 is 0 Å². The SMILES string of the molecule is Cc1cc(C(C)c2cc(CC(C)C(=O)O)cc(C(C)(C)C)c2O)c(O)c(C(C)(C)C)c1. The highest BCUT2D eigenvalue weighted by molar-refractivity contribution is 5.70. The van der Waals surface area contributed by atoms with Crippen molar-refractivity contribution in [2.45, 2.75) is 85.5 Å². The second-order valence-electron chi connectivity index (χ2n) is 11.0.